The first-order valence-electron chi connectivity index (χ1n) is 10.6. The summed E-state index contributed by atoms with van der Waals surface area (Å²) in [7, 11) is -3.49. The lowest BCUT2D eigenvalue weighted by Crippen LogP contribution is -2.29. The Labute approximate surface area is 178 Å². The number of esters is 1. The van der Waals surface area contributed by atoms with Crippen LogP contribution in [0.4, 0.5) is 4.39 Å². The first kappa shape index (κ1) is 24.6. The number of hydrogen-bond acceptors (Lipinski definition) is 6. The molecule has 1 aliphatic carbocycles. The van der Waals surface area contributed by atoms with Crippen molar-refractivity contribution in [2.24, 2.45) is 5.92 Å². The van der Waals surface area contributed by atoms with Gasteiger partial charge in [0.05, 0.1) is 25.5 Å². The quantitative estimate of drug-likeness (QED) is 0.319. The van der Waals surface area contributed by atoms with Gasteiger partial charge < -0.3 is 14.8 Å². The predicted molar refractivity (Wildman–Crippen MR) is 113 cm³/mol. The minimum absolute atomic E-state index is 0.00440. The van der Waals surface area contributed by atoms with Gasteiger partial charge in [0.15, 0.2) is 0 Å². The van der Waals surface area contributed by atoms with Crippen LogP contribution >= 0.6 is 0 Å². The summed E-state index contributed by atoms with van der Waals surface area (Å²) in [6, 6.07) is 3.78. The summed E-state index contributed by atoms with van der Waals surface area (Å²) in [5.74, 6) is 0.234. The van der Waals surface area contributed by atoms with E-state index in [-0.39, 0.29) is 18.3 Å². The summed E-state index contributed by atoms with van der Waals surface area (Å²) in [5, 5.41) is 2.97. The van der Waals surface area contributed by atoms with Crippen LogP contribution in [0.25, 0.3) is 0 Å². The van der Waals surface area contributed by atoms with Gasteiger partial charge in [0.2, 0.25) is 10.0 Å². The fourth-order valence-corrected chi connectivity index (χ4v) is 4.31. The second kappa shape index (κ2) is 12.2. The molecule has 7 nitrogen and oxygen atoms in total. The van der Waals surface area contributed by atoms with Crippen LogP contribution in [0.3, 0.4) is 0 Å². The van der Waals surface area contributed by atoms with E-state index in [0.29, 0.717) is 49.8 Å². The van der Waals surface area contributed by atoms with Crippen LogP contribution in [0.15, 0.2) is 18.2 Å². The maximum absolute atomic E-state index is 13.9. The van der Waals surface area contributed by atoms with Gasteiger partial charge in [-0.2, -0.15) is 0 Å². The van der Waals surface area contributed by atoms with Gasteiger partial charge in [0.25, 0.3) is 0 Å². The molecule has 0 saturated heterocycles. The number of nitrogens with one attached hydrogen (secondary N) is 2. The van der Waals surface area contributed by atoms with Crippen LogP contribution in [0.1, 0.15) is 57.6 Å². The van der Waals surface area contributed by atoms with Gasteiger partial charge in [0, 0.05) is 12.1 Å². The summed E-state index contributed by atoms with van der Waals surface area (Å²) in [6.07, 6.45) is 4.25. The molecule has 1 fully saturated rings. The number of halogens is 1. The molecule has 0 aliphatic heterocycles. The first-order valence-corrected chi connectivity index (χ1v) is 12.2. The molecule has 1 atom stereocenters. The zero-order valence-corrected chi connectivity index (χ0v) is 18.6. The molecular weight excluding hydrogens is 411 g/mol. The minimum Gasteiger partial charge on any atom is -0.493 e. The highest BCUT2D eigenvalue weighted by Gasteiger charge is 2.22. The fraction of sp³-hybridized carbons (Fsp3) is 0.667. The molecule has 1 aliphatic rings. The molecule has 170 valence electrons. The largest absolute Gasteiger partial charge is 0.493 e. The van der Waals surface area contributed by atoms with Crippen molar-refractivity contribution in [1.29, 1.82) is 0 Å². The topological polar surface area (TPSA) is 93.7 Å². The van der Waals surface area contributed by atoms with Crippen molar-refractivity contribution in [3.63, 3.8) is 0 Å². The molecule has 0 amide bonds. The standard InChI is InChI=1S/C21H33FN2O5S/c1-3-28-21(25)14-23-9-5-4-6-10-30(26,27)24-16(2)18-11-19(22)13-20(12-18)29-15-17-7-8-17/h11-13,16-17,23-24H,3-10,14-15H2,1-2H3/t16-/m0/s1. The second-order valence-electron chi connectivity index (χ2n) is 7.68. The second-order valence-corrected chi connectivity index (χ2v) is 9.55. The summed E-state index contributed by atoms with van der Waals surface area (Å²) in [4.78, 5) is 11.2. The molecule has 1 aromatic carbocycles. The molecule has 30 heavy (non-hydrogen) atoms. The summed E-state index contributed by atoms with van der Waals surface area (Å²) in [5.41, 5.74) is 0.535. The smallest absolute Gasteiger partial charge is 0.319 e. The molecule has 1 aromatic rings. The number of sulfonamides is 1. The summed E-state index contributed by atoms with van der Waals surface area (Å²) < 4.78 is 51.6. The van der Waals surface area contributed by atoms with E-state index < -0.39 is 21.9 Å². The summed E-state index contributed by atoms with van der Waals surface area (Å²) in [6.45, 7) is 5.15. The SMILES string of the molecule is CCOC(=O)CNCCCCCS(=O)(=O)N[C@@H](C)c1cc(F)cc(OCC2CC2)c1. The highest BCUT2D eigenvalue weighted by molar-refractivity contribution is 7.89. The molecule has 0 radical (unpaired) electrons. The fourth-order valence-electron chi connectivity index (χ4n) is 2.93. The molecule has 9 heteroatoms. The maximum Gasteiger partial charge on any atom is 0.319 e. The molecule has 0 aromatic heterocycles. The Balaban J connectivity index is 1.70. The Morgan fingerprint density at radius 2 is 2.00 bits per heavy atom. The van der Waals surface area contributed by atoms with Crippen LogP contribution in [0, 0.1) is 11.7 Å². The van der Waals surface area contributed by atoms with Crippen molar-refractivity contribution in [3.8, 4) is 5.75 Å². The Bertz CT molecular complexity index is 784. The van der Waals surface area contributed by atoms with Crippen molar-refractivity contribution in [2.45, 2.75) is 52.0 Å². The number of hydrogen-bond donors (Lipinski definition) is 2. The van der Waals surface area contributed by atoms with E-state index in [1.807, 2.05) is 0 Å². The van der Waals surface area contributed by atoms with Gasteiger partial charge in [-0.1, -0.05) is 6.42 Å². The number of carbonyl (C=O) groups is 1. The highest BCUT2D eigenvalue weighted by atomic mass is 32.2. The Kier molecular flexibility index (Phi) is 10.0. The first-order chi connectivity index (χ1) is 14.3. The lowest BCUT2D eigenvalue weighted by atomic mass is 10.1. The number of unbranched alkanes of at least 4 members (excludes halogenated alkanes) is 2. The zero-order chi connectivity index (χ0) is 22.0. The van der Waals surface area contributed by atoms with Crippen LogP contribution in [0.2, 0.25) is 0 Å². The average Bonchev–Trinajstić information content (AvgIpc) is 3.49. The van der Waals surface area contributed by atoms with Crippen LogP contribution in [-0.4, -0.2) is 46.4 Å². The number of rotatable bonds is 15. The van der Waals surface area contributed by atoms with Gasteiger partial charge in [-0.3, -0.25) is 4.79 Å². The highest BCUT2D eigenvalue weighted by Crippen LogP contribution is 2.30. The monoisotopic (exact) mass is 444 g/mol. The Hall–Kier alpha value is -1.71. The third-order valence-electron chi connectivity index (χ3n) is 4.77. The predicted octanol–water partition coefficient (Wildman–Crippen LogP) is 2.92. The third-order valence-corrected chi connectivity index (χ3v) is 6.31. The molecule has 1 saturated carbocycles. The van der Waals surface area contributed by atoms with E-state index in [0.717, 1.165) is 19.3 Å². The Morgan fingerprint density at radius 3 is 2.70 bits per heavy atom. The van der Waals surface area contributed by atoms with Crippen molar-refractivity contribution in [3.05, 3.63) is 29.6 Å². The van der Waals surface area contributed by atoms with Crippen LogP contribution < -0.4 is 14.8 Å². The number of ether oxygens (including phenoxy) is 2. The van der Waals surface area contributed by atoms with Gasteiger partial charge in [-0.15, -0.1) is 0 Å². The van der Waals surface area contributed by atoms with E-state index in [2.05, 4.69) is 10.0 Å². The van der Waals surface area contributed by atoms with Crippen molar-refractivity contribution in [2.75, 3.05) is 32.1 Å². The van der Waals surface area contributed by atoms with E-state index in [9.17, 15) is 17.6 Å². The number of carbonyl (C=O) groups excluding carboxylic acids is 1. The lowest BCUT2D eigenvalue weighted by molar-refractivity contribution is -0.141. The summed E-state index contributed by atoms with van der Waals surface area (Å²) >= 11 is 0. The molecule has 0 spiro atoms. The average molecular weight is 445 g/mol. The minimum atomic E-state index is -3.49. The van der Waals surface area contributed by atoms with Crippen LogP contribution in [0.5, 0.6) is 5.75 Å². The molecular formula is C21H33FN2O5S. The van der Waals surface area contributed by atoms with E-state index in [1.54, 1.807) is 19.9 Å². The van der Waals surface area contributed by atoms with E-state index in [1.165, 1.54) is 12.1 Å². The third kappa shape index (κ3) is 9.86. The van der Waals surface area contributed by atoms with E-state index in [4.69, 9.17) is 9.47 Å². The van der Waals surface area contributed by atoms with Gasteiger partial charge in [-0.25, -0.2) is 17.5 Å². The van der Waals surface area contributed by atoms with Gasteiger partial charge >= 0.3 is 5.97 Å². The van der Waals surface area contributed by atoms with Gasteiger partial charge in [0.1, 0.15) is 11.6 Å². The van der Waals surface area contributed by atoms with Crippen LogP contribution in [-0.2, 0) is 19.6 Å². The zero-order valence-electron chi connectivity index (χ0n) is 17.8. The number of benzene rings is 1. The molecule has 0 heterocycles. The Morgan fingerprint density at radius 1 is 1.23 bits per heavy atom. The molecule has 2 N–H and O–H groups in total. The van der Waals surface area contributed by atoms with Crippen molar-refractivity contribution in [1.82, 2.24) is 10.0 Å². The van der Waals surface area contributed by atoms with Gasteiger partial charge in [-0.05, 0) is 69.7 Å². The normalized spacial score (nSPS) is 15.0. The molecule has 0 unspecified atom stereocenters. The van der Waals surface area contributed by atoms with Crippen molar-refractivity contribution >= 4 is 16.0 Å². The maximum atomic E-state index is 13.9. The lowest BCUT2D eigenvalue weighted by Gasteiger charge is -2.16. The van der Waals surface area contributed by atoms with Crippen molar-refractivity contribution < 1.29 is 27.1 Å². The molecule has 0 bridgehead atoms. The molecule has 2 rings (SSSR count). The van der Waals surface area contributed by atoms with E-state index >= 15 is 0 Å².